The molecule has 0 aliphatic carbocycles. The summed E-state index contributed by atoms with van der Waals surface area (Å²) in [5, 5.41) is 8.46. The number of aliphatic imine (C=N–C) groups is 1. The molecule has 5 nitrogen and oxygen atoms in total. The molecule has 0 N–H and O–H groups in total. The van der Waals surface area contributed by atoms with Gasteiger partial charge in [-0.15, -0.1) is 10.2 Å². The van der Waals surface area contributed by atoms with Crippen molar-refractivity contribution in [3.8, 4) is 5.69 Å². The lowest BCUT2D eigenvalue weighted by Crippen LogP contribution is -2.34. The lowest BCUT2D eigenvalue weighted by atomic mass is 10.1. The van der Waals surface area contributed by atoms with Gasteiger partial charge in [0.05, 0.1) is 5.69 Å². The van der Waals surface area contributed by atoms with Crippen molar-refractivity contribution in [2.24, 2.45) is 4.99 Å². The minimum absolute atomic E-state index is 0.574. The van der Waals surface area contributed by atoms with Gasteiger partial charge in [-0.3, -0.25) is 9.56 Å². The number of nitrogens with zero attached hydrogens (tertiary/aromatic N) is 5. The SMILES string of the molecule is Cc1nnc2n1-c1ccccc1C(N1CC=CCC1)=NC2. The first-order chi connectivity index (χ1) is 10.3. The highest BCUT2D eigenvalue weighted by atomic mass is 15.3. The van der Waals surface area contributed by atoms with E-state index in [1.165, 1.54) is 0 Å². The summed E-state index contributed by atoms with van der Waals surface area (Å²) in [5.41, 5.74) is 2.29. The van der Waals surface area contributed by atoms with Gasteiger partial charge >= 0.3 is 0 Å². The first-order valence-corrected chi connectivity index (χ1v) is 7.29. The average Bonchev–Trinajstić information content (AvgIpc) is 2.81. The standard InChI is InChI=1S/C16H17N5/c1-12-18-19-15-11-17-16(20-9-5-2-6-10-20)13-7-3-4-8-14(13)21(12)15/h2-5,7-8H,6,9-11H2,1H3. The highest BCUT2D eigenvalue weighted by Gasteiger charge is 2.23. The Morgan fingerprint density at radius 3 is 2.86 bits per heavy atom. The van der Waals surface area contributed by atoms with E-state index in [0.29, 0.717) is 6.54 Å². The topological polar surface area (TPSA) is 46.3 Å². The molecule has 0 saturated heterocycles. The molecule has 0 spiro atoms. The molecule has 0 amide bonds. The number of para-hydroxylation sites is 1. The first kappa shape index (κ1) is 12.3. The van der Waals surface area contributed by atoms with Crippen molar-refractivity contribution in [1.29, 1.82) is 0 Å². The van der Waals surface area contributed by atoms with Gasteiger partial charge in [0.25, 0.3) is 0 Å². The van der Waals surface area contributed by atoms with Crippen LogP contribution in [-0.4, -0.2) is 38.6 Å². The van der Waals surface area contributed by atoms with Gasteiger partial charge in [0.2, 0.25) is 0 Å². The van der Waals surface area contributed by atoms with E-state index in [2.05, 4.69) is 56.1 Å². The second-order valence-corrected chi connectivity index (χ2v) is 5.36. The number of fused-ring (bicyclic) bond motifs is 3. The zero-order valence-corrected chi connectivity index (χ0v) is 12.0. The number of hydrogen-bond acceptors (Lipinski definition) is 4. The predicted octanol–water partition coefficient (Wildman–Crippen LogP) is 2.10. The van der Waals surface area contributed by atoms with Crippen molar-refractivity contribution >= 4 is 5.84 Å². The summed E-state index contributed by atoms with van der Waals surface area (Å²) in [6, 6.07) is 8.39. The zero-order valence-electron chi connectivity index (χ0n) is 12.0. The van der Waals surface area contributed by atoms with E-state index in [-0.39, 0.29) is 0 Å². The Morgan fingerprint density at radius 1 is 1.10 bits per heavy atom. The summed E-state index contributed by atoms with van der Waals surface area (Å²) in [6.07, 6.45) is 5.52. The Morgan fingerprint density at radius 2 is 2.00 bits per heavy atom. The minimum Gasteiger partial charge on any atom is -0.352 e. The Bertz CT molecular complexity index is 741. The number of amidine groups is 1. The molecule has 0 radical (unpaired) electrons. The molecule has 0 saturated carbocycles. The molecule has 106 valence electrons. The highest BCUT2D eigenvalue weighted by Crippen LogP contribution is 2.24. The summed E-state index contributed by atoms with van der Waals surface area (Å²) in [5.74, 6) is 2.88. The maximum atomic E-state index is 4.83. The van der Waals surface area contributed by atoms with Crippen molar-refractivity contribution in [2.45, 2.75) is 19.9 Å². The summed E-state index contributed by atoms with van der Waals surface area (Å²) in [6.45, 7) is 4.50. The third-order valence-corrected chi connectivity index (χ3v) is 4.01. The monoisotopic (exact) mass is 279 g/mol. The van der Waals surface area contributed by atoms with E-state index < -0.39 is 0 Å². The first-order valence-electron chi connectivity index (χ1n) is 7.29. The molecule has 5 heteroatoms. The van der Waals surface area contributed by atoms with Crippen LogP contribution in [0.1, 0.15) is 23.6 Å². The number of benzene rings is 1. The third kappa shape index (κ3) is 1.96. The summed E-state index contributed by atoms with van der Waals surface area (Å²) in [4.78, 5) is 7.17. The van der Waals surface area contributed by atoms with Gasteiger partial charge in [-0.25, -0.2) is 0 Å². The van der Waals surface area contributed by atoms with Gasteiger partial charge < -0.3 is 4.90 Å². The molecule has 0 fully saturated rings. The molecule has 0 unspecified atom stereocenters. The fourth-order valence-electron chi connectivity index (χ4n) is 3.01. The van der Waals surface area contributed by atoms with Gasteiger partial charge in [0.15, 0.2) is 5.82 Å². The molecule has 1 aromatic heterocycles. The number of aromatic nitrogens is 3. The van der Waals surface area contributed by atoms with Gasteiger partial charge in [-0.2, -0.15) is 0 Å². The maximum absolute atomic E-state index is 4.83. The molecule has 0 bridgehead atoms. The van der Waals surface area contributed by atoms with Crippen molar-refractivity contribution in [1.82, 2.24) is 19.7 Å². The summed E-state index contributed by atoms with van der Waals surface area (Å²) in [7, 11) is 0. The maximum Gasteiger partial charge on any atom is 0.159 e. The minimum atomic E-state index is 0.574. The van der Waals surface area contributed by atoms with E-state index in [4.69, 9.17) is 4.99 Å². The molecule has 3 heterocycles. The van der Waals surface area contributed by atoms with Crippen molar-refractivity contribution in [3.63, 3.8) is 0 Å². The average molecular weight is 279 g/mol. The Hall–Kier alpha value is -2.43. The molecular weight excluding hydrogens is 262 g/mol. The Kier molecular flexibility index (Phi) is 2.84. The lowest BCUT2D eigenvalue weighted by molar-refractivity contribution is 0.453. The van der Waals surface area contributed by atoms with Crippen LogP contribution in [0.4, 0.5) is 0 Å². The molecule has 4 rings (SSSR count). The van der Waals surface area contributed by atoms with E-state index in [9.17, 15) is 0 Å². The molecule has 2 aliphatic rings. The number of hydrogen-bond donors (Lipinski definition) is 0. The fraction of sp³-hybridized carbons (Fsp3) is 0.312. The largest absolute Gasteiger partial charge is 0.352 e. The number of aryl methyl sites for hydroxylation is 1. The fourth-order valence-corrected chi connectivity index (χ4v) is 3.01. The van der Waals surface area contributed by atoms with Crippen LogP contribution in [0.15, 0.2) is 41.4 Å². The quantitative estimate of drug-likeness (QED) is 0.694. The van der Waals surface area contributed by atoms with Crippen LogP contribution >= 0.6 is 0 Å². The molecule has 2 aliphatic heterocycles. The Labute approximate surface area is 123 Å². The molecule has 1 aromatic carbocycles. The van der Waals surface area contributed by atoms with E-state index in [1.54, 1.807) is 0 Å². The molecule has 21 heavy (non-hydrogen) atoms. The van der Waals surface area contributed by atoms with Crippen molar-refractivity contribution in [2.75, 3.05) is 13.1 Å². The molecular formula is C16H17N5. The second-order valence-electron chi connectivity index (χ2n) is 5.36. The van der Waals surface area contributed by atoms with Crippen LogP contribution < -0.4 is 0 Å². The predicted molar refractivity (Wildman–Crippen MR) is 81.7 cm³/mol. The van der Waals surface area contributed by atoms with Crippen LogP contribution in [0, 0.1) is 6.92 Å². The van der Waals surface area contributed by atoms with Crippen molar-refractivity contribution in [3.05, 3.63) is 53.6 Å². The van der Waals surface area contributed by atoms with Crippen molar-refractivity contribution < 1.29 is 0 Å². The Balaban J connectivity index is 1.88. The third-order valence-electron chi connectivity index (χ3n) is 4.01. The van der Waals surface area contributed by atoms with Crippen LogP contribution in [0.5, 0.6) is 0 Å². The summed E-state index contributed by atoms with van der Waals surface area (Å²) < 4.78 is 2.12. The van der Waals surface area contributed by atoms with Gasteiger partial charge in [-0.05, 0) is 25.5 Å². The summed E-state index contributed by atoms with van der Waals surface area (Å²) >= 11 is 0. The number of rotatable bonds is 0. The van der Waals surface area contributed by atoms with Crippen LogP contribution in [-0.2, 0) is 6.54 Å². The van der Waals surface area contributed by atoms with Gasteiger partial charge in [-0.1, -0.05) is 24.3 Å². The second kappa shape index (κ2) is 4.84. The van der Waals surface area contributed by atoms with Gasteiger partial charge in [0, 0.05) is 18.7 Å². The molecule has 2 aromatic rings. The normalized spacial score (nSPS) is 17.0. The smallest absolute Gasteiger partial charge is 0.159 e. The van der Waals surface area contributed by atoms with E-state index >= 15 is 0 Å². The van der Waals surface area contributed by atoms with E-state index in [1.807, 2.05) is 6.92 Å². The van der Waals surface area contributed by atoms with E-state index in [0.717, 1.165) is 48.2 Å². The van der Waals surface area contributed by atoms with Crippen LogP contribution in [0.3, 0.4) is 0 Å². The van der Waals surface area contributed by atoms with Crippen LogP contribution in [0.25, 0.3) is 5.69 Å². The highest BCUT2D eigenvalue weighted by molar-refractivity contribution is 6.02. The lowest BCUT2D eigenvalue weighted by Gasteiger charge is -2.27. The van der Waals surface area contributed by atoms with Crippen LogP contribution in [0.2, 0.25) is 0 Å². The van der Waals surface area contributed by atoms with Gasteiger partial charge in [0.1, 0.15) is 18.2 Å². The molecule has 0 atom stereocenters. The zero-order chi connectivity index (χ0) is 14.2.